The van der Waals surface area contributed by atoms with Crippen LogP contribution in [0, 0.1) is 0 Å². The van der Waals surface area contributed by atoms with Crippen LogP contribution in [0.3, 0.4) is 0 Å². The summed E-state index contributed by atoms with van der Waals surface area (Å²) in [6, 6.07) is -0.537. The van der Waals surface area contributed by atoms with Crippen LogP contribution in [0.15, 0.2) is 74.4 Å². The summed E-state index contributed by atoms with van der Waals surface area (Å²) in [5.41, 5.74) is 0. The Hall–Kier alpha value is -2.29. The Balaban J connectivity index is -0.0000000610. The summed E-state index contributed by atoms with van der Waals surface area (Å²) in [5.74, 6) is -1.44. The molecule has 0 spiro atoms. The molecule has 0 bridgehead atoms. The van der Waals surface area contributed by atoms with E-state index < -0.39 is 56.0 Å². The van der Waals surface area contributed by atoms with Crippen molar-refractivity contribution in [2.24, 2.45) is 0 Å². The Morgan fingerprint density at radius 2 is 0.617 bits per heavy atom. The minimum atomic E-state index is -4.67. The fourth-order valence-corrected chi connectivity index (χ4v) is 8.36. The van der Waals surface area contributed by atoms with E-state index in [1.54, 1.807) is 0 Å². The Kier molecular flexibility index (Phi) is 123. The zero-order valence-electron chi connectivity index (χ0n) is 64.5. The number of rotatable bonds is 23. The van der Waals surface area contributed by atoms with Crippen molar-refractivity contribution in [2.75, 3.05) is 135 Å². The monoisotopic (exact) mass is 1810 g/mol. The maximum absolute atomic E-state index is 10.1. The van der Waals surface area contributed by atoms with Crippen molar-refractivity contribution in [3.8, 4) is 0 Å². The third kappa shape index (κ3) is 99.7. The summed E-state index contributed by atoms with van der Waals surface area (Å²) >= 11 is -5.53. The van der Waals surface area contributed by atoms with Crippen molar-refractivity contribution < 1.29 is 126 Å². The van der Waals surface area contributed by atoms with Gasteiger partial charge in [-0.1, -0.05) is 94.9 Å². The number of unbranched alkanes of at least 4 members (excludes halogenated alkanes) is 6. The van der Waals surface area contributed by atoms with E-state index in [0.29, 0.717) is 0 Å². The molecule has 2 unspecified atom stereocenters. The molecule has 2 saturated heterocycles. The van der Waals surface area contributed by atoms with Gasteiger partial charge >= 0.3 is 113 Å². The number of nitrogens with one attached hydrogen (secondary N) is 2. The first-order chi connectivity index (χ1) is 45.4. The summed E-state index contributed by atoms with van der Waals surface area (Å²) in [5, 5.41) is 43.5. The predicted molar refractivity (Wildman–Crippen MR) is 422 cm³/mol. The number of hydrogen-bond donors (Lipinski definition) is 9. The third-order valence-corrected chi connectivity index (χ3v) is 13.7. The number of halogens is 1. The molecule has 2 fully saturated rings. The van der Waals surface area contributed by atoms with Crippen LogP contribution >= 0.6 is 12.4 Å². The van der Waals surface area contributed by atoms with Crippen LogP contribution in [0.1, 0.15) is 161 Å². The summed E-state index contributed by atoms with van der Waals surface area (Å²) in [6.45, 7) is 28.7. The number of carboxylic acid groups (broad SMARTS) is 2. The van der Waals surface area contributed by atoms with Gasteiger partial charge in [-0.25, -0.2) is 18.9 Å². The molecular formula is C60H140ClN14O26S4Sr2-. The van der Waals surface area contributed by atoms with Gasteiger partial charge in [-0.2, -0.15) is 8.42 Å². The van der Waals surface area contributed by atoms with E-state index in [9.17, 15) is 9.59 Å². The molecule has 40 nitrogen and oxygen atoms in total. The Morgan fingerprint density at radius 1 is 0.467 bits per heavy atom. The summed E-state index contributed by atoms with van der Waals surface area (Å²) in [4.78, 5) is 47.4. The van der Waals surface area contributed by atoms with Gasteiger partial charge in [-0.15, -0.1) is 21.1 Å². The van der Waals surface area contributed by atoms with Gasteiger partial charge in [0.1, 0.15) is 34.8 Å². The molecule has 0 aromatic heterocycles. The molecule has 0 aromatic rings. The molecule has 8 rings (SSSR count). The summed E-state index contributed by atoms with van der Waals surface area (Å²) < 4.78 is 93.0. The Bertz CT molecular complexity index is 2090. The van der Waals surface area contributed by atoms with Crippen molar-refractivity contribution in [3.05, 3.63) is 74.4 Å². The molecule has 0 aromatic carbocycles. The van der Waals surface area contributed by atoms with Gasteiger partial charge < -0.3 is 131 Å². The molecule has 0 aliphatic carbocycles. The second-order valence-corrected chi connectivity index (χ2v) is 25.0. The van der Waals surface area contributed by atoms with E-state index in [2.05, 4.69) is 241 Å². The molecule has 47 heteroatoms. The maximum Gasteiger partial charge on any atom is 2.00 e. The molecule has 642 valence electrons. The first-order valence-corrected chi connectivity index (χ1v) is 36.4. The van der Waals surface area contributed by atoms with E-state index in [4.69, 9.17) is 69.4 Å². The SMILES string of the molecule is C.C.CCCCN1C=CN(C)C1.CCCCN1C=CN(C)C1.CCCCN1C=CN(C)C1.CCCCN1C=CN(C)C1.CCCCN1C=CN(C)C1.CCCCN1C=CN(C)C1.Cl.O.O.O.O=C(O)[C@@H]1CCCN1.O=C(O)[C@@H]1CCCN1.O=S(=O)(O)O.O=S([O-])OO.O=S([O-])OO.O=[S-](=O)OO.[H-].[OH-].[OH-].[OH3+].[Sr+2].[Sr+2]. The van der Waals surface area contributed by atoms with E-state index in [0.717, 1.165) is 78.8 Å². The summed E-state index contributed by atoms with van der Waals surface area (Å²) in [6.07, 6.45) is 44.8. The van der Waals surface area contributed by atoms with E-state index in [1.165, 1.54) is 116 Å². The zero-order valence-corrected chi connectivity index (χ0v) is 74.6. The van der Waals surface area contributed by atoms with Crippen LogP contribution in [0.2, 0.25) is 0 Å². The smallest absolute Gasteiger partial charge is 1.00 e. The second-order valence-electron chi connectivity index (χ2n) is 22.4. The Morgan fingerprint density at radius 3 is 0.682 bits per heavy atom. The van der Waals surface area contributed by atoms with Crippen molar-refractivity contribution in [3.63, 3.8) is 0 Å². The number of nitrogens with zero attached hydrogens (tertiary/aromatic N) is 12. The number of carboxylic acids is 2. The molecule has 8 aliphatic rings. The molecule has 8 heterocycles. The van der Waals surface area contributed by atoms with Gasteiger partial charge in [0.05, 0.1) is 51.0 Å². The zero-order chi connectivity index (χ0) is 73.7. The van der Waals surface area contributed by atoms with Crippen LogP contribution in [0.25, 0.3) is 0 Å². The summed E-state index contributed by atoms with van der Waals surface area (Å²) in [7, 11) is 5.16. The first-order valence-electron chi connectivity index (χ1n) is 32.0. The molecule has 0 radical (unpaired) electrons. The van der Waals surface area contributed by atoms with Gasteiger partial charge in [-0.05, 0) is 77.3 Å². The topological polar surface area (TPSA) is 602 Å². The number of carbonyl (C=O) groups is 2. The van der Waals surface area contributed by atoms with Gasteiger partial charge in [0.15, 0.2) is 0 Å². The van der Waals surface area contributed by atoms with Crippen molar-refractivity contribution in [1.29, 1.82) is 0 Å². The normalized spacial score (nSPS) is 16.1. The van der Waals surface area contributed by atoms with Crippen LogP contribution in [-0.2, 0) is 80.6 Å². The average Bonchev–Trinajstić information content (AvgIpc) is 1.74. The Labute approximate surface area is 728 Å². The van der Waals surface area contributed by atoms with Gasteiger partial charge in [0.25, 0.3) is 0 Å². The molecular weight excluding hydrogens is 1670 g/mol. The largest absolute Gasteiger partial charge is 2.00 e. The van der Waals surface area contributed by atoms with Gasteiger partial charge in [0.2, 0.25) is 0 Å². The number of aliphatic carboxylic acids is 2. The van der Waals surface area contributed by atoms with E-state index in [1.807, 2.05) is 0 Å². The van der Waals surface area contributed by atoms with Crippen molar-refractivity contribution in [2.45, 2.75) is 171 Å². The number of hydrogen-bond acceptors (Lipinski definition) is 33. The molecule has 107 heavy (non-hydrogen) atoms. The molecule has 8 aliphatic heterocycles. The predicted octanol–water partition coefficient (Wildman–Crippen LogP) is 3.30. The van der Waals surface area contributed by atoms with E-state index >= 15 is 0 Å². The van der Waals surface area contributed by atoms with Crippen molar-refractivity contribution in [1.82, 2.24) is 69.4 Å². The van der Waals surface area contributed by atoms with Gasteiger partial charge in [0, 0.05) is 156 Å². The second kappa shape index (κ2) is 94.3. The quantitative estimate of drug-likeness (QED) is 0.0135. The molecule has 0 saturated carbocycles. The van der Waals surface area contributed by atoms with Crippen LogP contribution in [0.4, 0.5) is 0 Å². The molecule has 4 atom stereocenters. The van der Waals surface area contributed by atoms with Gasteiger partial charge in [-0.3, -0.25) is 28.3 Å². The van der Waals surface area contributed by atoms with Crippen molar-refractivity contribution >= 4 is 159 Å². The standard InChI is InChI=1S/6C8H16N2.2C5H9NO2.2CH4.ClH.3H2O4S.HO4S.6H2O.2Sr.H/c6*1-3-4-5-10-7-6-9(2)8-10;2*7-5(8)4-2-1-3-6-4;;;;1-5(2,3)4;3*1-4-5(2)3;;;;;;;;;/h6*6-7H,3-5,8H2,1-2H3;2*4,6H,1-3H2,(H,7,8);2*1H4;1H;(H2,1,2,3,4);2*1H,(H,2,3);1H;6*1H2;;;/q;;;;;;;;;;;;;;-1;;;;;;;2*+2;-1/p-3/t;;;;;;2*4-;;;;;;;;;;;;;;;;/m......00................/s1. The third-order valence-electron chi connectivity index (χ3n) is 13.3. The maximum atomic E-state index is 10.1. The van der Waals surface area contributed by atoms with Crippen LogP contribution < -0.4 is 10.6 Å². The average molecular weight is 1810 g/mol. The minimum Gasteiger partial charge on any atom is -1.00 e. The fourth-order valence-electron chi connectivity index (χ4n) is 8.36. The molecule has 20 N–H and O–H groups in total. The first kappa shape index (κ1) is 140. The fraction of sp³-hybridized carbons (Fsp3) is 0.767. The van der Waals surface area contributed by atoms with Crippen LogP contribution in [0.5, 0.6) is 0 Å². The minimum absolute atomic E-state index is 0. The van der Waals surface area contributed by atoms with Crippen LogP contribution in [-0.4, -0.2) is 397 Å². The molecule has 0 amide bonds. The van der Waals surface area contributed by atoms with E-state index in [-0.39, 0.29) is 165 Å².